The molecular formula is C13H18FNO4. The number of aryl methyl sites for hydroxylation is 1. The summed E-state index contributed by atoms with van der Waals surface area (Å²) in [6, 6.07) is 0.859. The number of nitrogens with two attached hydrogens (primary N) is 1. The molecule has 0 heterocycles. The maximum atomic E-state index is 14.2. The Bertz CT molecular complexity index is 476. The number of ether oxygens (including phenoxy) is 2. The maximum Gasteiger partial charge on any atom is 0.303 e. The summed E-state index contributed by atoms with van der Waals surface area (Å²) in [4.78, 5) is 10.5. The first kappa shape index (κ1) is 15.2. The molecule has 1 aromatic rings. The highest BCUT2D eigenvalue weighted by Crippen LogP contribution is 2.37. The molecule has 1 atom stereocenters. The lowest BCUT2D eigenvalue weighted by atomic mass is 9.99. The minimum atomic E-state index is -0.965. The van der Waals surface area contributed by atoms with Gasteiger partial charge in [-0.2, -0.15) is 0 Å². The first-order chi connectivity index (χ1) is 8.92. The summed E-state index contributed by atoms with van der Waals surface area (Å²) < 4.78 is 24.3. The van der Waals surface area contributed by atoms with Gasteiger partial charge in [0.2, 0.25) is 0 Å². The molecule has 0 aliphatic heterocycles. The number of methoxy groups -OCH3 is 2. The van der Waals surface area contributed by atoms with Gasteiger partial charge in [0.15, 0.2) is 17.3 Å². The largest absolute Gasteiger partial charge is 0.492 e. The second-order valence-electron chi connectivity index (χ2n) is 4.20. The molecule has 6 heteroatoms. The van der Waals surface area contributed by atoms with Crippen molar-refractivity contribution in [1.82, 2.24) is 0 Å². The summed E-state index contributed by atoms with van der Waals surface area (Å²) >= 11 is 0. The topological polar surface area (TPSA) is 81.8 Å². The van der Waals surface area contributed by atoms with Crippen LogP contribution in [0.25, 0.3) is 0 Å². The Balaban J connectivity index is 3.15. The van der Waals surface area contributed by atoms with E-state index >= 15 is 0 Å². The number of halogens is 1. The van der Waals surface area contributed by atoms with Crippen molar-refractivity contribution < 1.29 is 23.8 Å². The zero-order valence-corrected chi connectivity index (χ0v) is 11.2. The van der Waals surface area contributed by atoms with Crippen molar-refractivity contribution in [1.29, 1.82) is 0 Å². The predicted octanol–water partition coefficient (Wildman–Crippen LogP) is 2.02. The van der Waals surface area contributed by atoms with E-state index in [0.717, 1.165) is 0 Å². The van der Waals surface area contributed by atoms with Crippen LogP contribution >= 0.6 is 0 Å². The number of aliphatic carboxylic acids is 1. The standard InChI is InChI=1S/C13H18FNO4/c1-7-6-8(9(15)4-5-10(16)17)11(14)13(19-3)12(7)18-2/h6,9H,4-5,15H2,1-3H3,(H,16,17). The minimum Gasteiger partial charge on any atom is -0.492 e. The minimum absolute atomic E-state index is 0.0109. The van der Waals surface area contributed by atoms with Crippen molar-refractivity contribution in [3.05, 3.63) is 23.0 Å². The molecule has 19 heavy (non-hydrogen) atoms. The normalized spacial score (nSPS) is 12.1. The maximum absolute atomic E-state index is 14.2. The highest BCUT2D eigenvalue weighted by Gasteiger charge is 2.22. The van der Waals surface area contributed by atoms with E-state index in [9.17, 15) is 9.18 Å². The van der Waals surface area contributed by atoms with Gasteiger partial charge in [-0.05, 0) is 25.0 Å². The van der Waals surface area contributed by atoms with Crippen LogP contribution in [-0.4, -0.2) is 25.3 Å². The fourth-order valence-electron chi connectivity index (χ4n) is 1.91. The Labute approximate surface area is 111 Å². The molecule has 0 spiro atoms. The van der Waals surface area contributed by atoms with E-state index in [1.54, 1.807) is 13.0 Å². The molecule has 1 unspecified atom stereocenters. The molecule has 0 radical (unpaired) electrons. The third-order valence-electron chi connectivity index (χ3n) is 2.87. The Morgan fingerprint density at radius 1 is 1.42 bits per heavy atom. The molecule has 3 N–H and O–H groups in total. The molecule has 5 nitrogen and oxygen atoms in total. The van der Waals surface area contributed by atoms with E-state index in [4.69, 9.17) is 20.3 Å². The van der Waals surface area contributed by atoms with Crippen LogP contribution in [0.3, 0.4) is 0 Å². The van der Waals surface area contributed by atoms with E-state index < -0.39 is 17.8 Å². The molecule has 0 bridgehead atoms. The lowest BCUT2D eigenvalue weighted by molar-refractivity contribution is -0.137. The number of carboxylic acid groups (broad SMARTS) is 1. The summed E-state index contributed by atoms with van der Waals surface area (Å²) in [7, 11) is 2.77. The van der Waals surface area contributed by atoms with Crippen LogP contribution in [0.2, 0.25) is 0 Å². The summed E-state index contributed by atoms with van der Waals surface area (Å²) in [6.07, 6.45) is 0.0369. The molecule has 0 aliphatic rings. The first-order valence-electron chi connectivity index (χ1n) is 5.80. The Hall–Kier alpha value is -1.82. The molecule has 0 aliphatic carbocycles. The monoisotopic (exact) mass is 271 g/mol. The van der Waals surface area contributed by atoms with Gasteiger partial charge in [-0.25, -0.2) is 4.39 Å². The number of hydrogen-bond donors (Lipinski definition) is 2. The summed E-state index contributed by atoms with van der Waals surface area (Å²) in [5.41, 5.74) is 6.74. The average molecular weight is 271 g/mol. The van der Waals surface area contributed by atoms with Crippen LogP contribution in [0, 0.1) is 12.7 Å². The Kier molecular flexibility index (Phi) is 5.11. The second kappa shape index (κ2) is 6.38. The molecule has 0 amide bonds. The lowest BCUT2D eigenvalue weighted by Crippen LogP contribution is -2.15. The van der Waals surface area contributed by atoms with Crippen LogP contribution in [0.1, 0.15) is 30.0 Å². The molecule has 0 saturated heterocycles. The van der Waals surface area contributed by atoms with Crippen LogP contribution in [0.5, 0.6) is 11.5 Å². The smallest absolute Gasteiger partial charge is 0.303 e. The van der Waals surface area contributed by atoms with E-state index in [0.29, 0.717) is 11.3 Å². The third kappa shape index (κ3) is 3.35. The van der Waals surface area contributed by atoms with Crippen LogP contribution in [-0.2, 0) is 4.79 Å². The fraction of sp³-hybridized carbons (Fsp3) is 0.462. The first-order valence-corrected chi connectivity index (χ1v) is 5.80. The molecule has 1 rings (SSSR count). The van der Waals surface area contributed by atoms with Gasteiger partial charge in [0.05, 0.1) is 14.2 Å². The highest BCUT2D eigenvalue weighted by atomic mass is 19.1. The van der Waals surface area contributed by atoms with Gasteiger partial charge >= 0.3 is 5.97 Å². The lowest BCUT2D eigenvalue weighted by Gasteiger charge is -2.18. The van der Waals surface area contributed by atoms with Gasteiger partial charge < -0.3 is 20.3 Å². The number of hydrogen-bond acceptors (Lipinski definition) is 4. The van der Waals surface area contributed by atoms with Gasteiger partial charge in [0.1, 0.15) is 0 Å². The number of carbonyl (C=O) groups is 1. The number of rotatable bonds is 6. The Morgan fingerprint density at radius 3 is 2.47 bits per heavy atom. The van der Waals surface area contributed by atoms with E-state index in [2.05, 4.69) is 0 Å². The van der Waals surface area contributed by atoms with E-state index in [-0.39, 0.29) is 24.2 Å². The van der Waals surface area contributed by atoms with Crippen molar-refractivity contribution in [2.45, 2.75) is 25.8 Å². The van der Waals surface area contributed by atoms with Gasteiger partial charge in [-0.1, -0.05) is 0 Å². The van der Waals surface area contributed by atoms with Gasteiger partial charge in [-0.15, -0.1) is 0 Å². The zero-order valence-electron chi connectivity index (χ0n) is 11.2. The van der Waals surface area contributed by atoms with Crippen molar-refractivity contribution in [3.63, 3.8) is 0 Å². The highest BCUT2D eigenvalue weighted by molar-refractivity contribution is 5.66. The third-order valence-corrected chi connectivity index (χ3v) is 2.87. The van der Waals surface area contributed by atoms with Crippen molar-refractivity contribution in [2.75, 3.05) is 14.2 Å². The summed E-state index contributed by atoms with van der Waals surface area (Å²) in [6.45, 7) is 1.74. The fourth-order valence-corrected chi connectivity index (χ4v) is 1.91. The van der Waals surface area contributed by atoms with E-state index in [1.165, 1.54) is 14.2 Å². The molecule has 106 valence electrons. The molecule has 0 fully saturated rings. The predicted molar refractivity (Wildman–Crippen MR) is 68.0 cm³/mol. The zero-order chi connectivity index (χ0) is 14.6. The van der Waals surface area contributed by atoms with Crippen molar-refractivity contribution in [3.8, 4) is 11.5 Å². The summed E-state index contributed by atoms with van der Waals surface area (Å²) in [5.74, 6) is -1.27. The van der Waals surface area contributed by atoms with Crippen LogP contribution in [0.15, 0.2) is 6.07 Å². The van der Waals surface area contributed by atoms with Gasteiger partial charge in [-0.3, -0.25) is 4.79 Å². The Morgan fingerprint density at radius 2 is 2.00 bits per heavy atom. The van der Waals surface area contributed by atoms with Crippen molar-refractivity contribution in [2.24, 2.45) is 5.73 Å². The molecule has 1 aromatic carbocycles. The molecule has 0 aromatic heterocycles. The number of carboxylic acids is 1. The van der Waals surface area contributed by atoms with Gasteiger partial charge in [0, 0.05) is 18.0 Å². The van der Waals surface area contributed by atoms with Crippen LogP contribution < -0.4 is 15.2 Å². The number of benzene rings is 1. The van der Waals surface area contributed by atoms with Crippen LogP contribution in [0.4, 0.5) is 4.39 Å². The summed E-state index contributed by atoms with van der Waals surface area (Å²) in [5, 5.41) is 8.62. The molecule has 0 saturated carbocycles. The SMILES string of the molecule is COc1c(C)cc(C(N)CCC(=O)O)c(F)c1OC. The van der Waals surface area contributed by atoms with Gasteiger partial charge in [0.25, 0.3) is 0 Å². The second-order valence-corrected chi connectivity index (χ2v) is 4.20. The van der Waals surface area contributed by atoms with E-state index in [1.807, 2.05) is 0 Å². The average Bonchev–Trinajstić information content (AvgIpc) is 2.37. The quantitative estimate of drug-likeness (QED) is 0.827. The van der Waals surface area contributed by atoms with Crippen molar-refractivity contribution >= 4 is 5.97 Å². The molecular weight excluding hydrogens is 253 g/mol.